The van der Waals surface area contributed by atoms with Crippen molar-refractivity contribution in [2.45, 2.75) is 47.5 Å². The van der Waals surface area contributed by atoms with Gasteiger partial charge < -0.3 is 0 Å². The molecule has 0 heterocycles. The van der Waals surface area contributed by atoms with Crippen LogP contribution in [0.5, 0.6) is 0 Å². The van der Waals surface area contributed by atoms with E-state index in [1.54, 1.807) is 0 Å². The van der Waals surface area contributed by atoms with Gasteiger partial charge in [0.15, 0.2) is 0 Å². The zero-order valence-electron chi connectivity index (χ0n) is 9.80. The quantitative estimate of drug-likeness (QED) is 0.616. The lowest BCUT2D eigenvalue weighted by Crippen LogP contribution is -2.06. The summed E-state index contributed by atoms with van der Waals surface area (Å²) in [5.41, 5.74) is 0.744. The van der Waals surface area contributed by atoms with Gasteiger partial charge in [-0.25, -0.2) is 0 Å². The molecule has 6 atom stereocenters. The Labute approximate surface area is 83.1 Å². The first-order chi connectivity index (χ1) is 6.02. The molecule has 0 aliphatic heterocycles. The summed E-state index contributed by atoms with van der Waals surface area (Å²) in [6, 6.07) is 0. The summed E-state index contributed by atoms with van der Waals surface area (Å²) in [6.07, 6.45) is 2.87. The fourth-order valence-electron chi connectivity index (χ4n) is 3.74. The molecule has 0 N–H and O–H groups in total. The molecule has 0 radical (unpaired) electrons. The maximum atomic E-state index is 2.52. The van der Waals surface area contributed by atoms with Crippen molar-refractivity contribution in [1.29, 1.82) is 0 Å². The minimum atomic E-state index is 0.744. The van der Waals surface area contributed by atoms with Crippen LogP contribution in [0.25, 0.3) is 0 Å². The molecule has 0 aromatic rings. The average Bonchev–Trinajstić information content (AvgIpc) is 2.90. The van der Waals surface area contributed by atoms with E-state index in [1.165, 1.54) is 12.8 Å². The molecule has 0 spiro atoms. The van der Waals surface area contributed by atoms with Gasteiger partial charge in [-0.15, -0.1) is 0 Å². The van der Waals surface area contributed by atoms with Crippen LogP contribution < -0.4 is 0 Å². The second kappa shape index (κ2) is 2.74. The van der Waals surface area contributed by atoms with Gasteiger partial charge in [0.05, 0.1) is 0 Å². The average molecular weight is 180 g/mol. The molecular formula is C13H24. The van der Waals surface area contributed by atoms with Crippen molar-refractivity contribution < 1.29 is 0 Å². The highest BCUT2D eigenvalue weighted by atomic mass is 14.7. The van der Waals surface area contributed by atoms with E-state index < -0.39 is 0 Å². The van der Waals surface area contributed by atoms with Gasteiger partial charge >= 0.3 is 0 Å². The van der Waals surface area contributed by atoms with Crippen molar-refractivity contribution in [1.82, 2.24) is 0 Å². The van der Waals surface area contributed by atoms with Gasteiger partial charge in [0.25, 0.3) is 0 Å². The van der Waals surface area contributed by atoms with Crippen LogP contribution in [-0.2, 0) is 0 Å². The third-order valence-electron chi connectivity index (χ3n) is 5.22. The lowest BCUT2D eigenvalue weighted by molar-refractivity contribution is 0.365. The predicted molar refractivity (Wildman–Crippen MR) is 57.5 cm³/mol. The maximum absolute atomic E-state index is 2.52. The number of hydrogen-bond acceptors (Lipinski definition) is 0. The number of rotatable bonds is 3. The Balaban J connectivity index is 1.98. The van der Waals surface area contributed by atoms with Crippen molar-refractivity contribution in [3.63, 3.8) is 0 Å². The summed E-state index contributed by atoms with van der Waals surface area (Å²) in [4.78, 5) is 0. The topological polar surface area (TPSA) is 0 Å². The molecule has 2 aliphatic rings. The van der Waals surface area contributed by atoms with Crippen molar-refractivity contribution in [3.8, 4) is 0 Å². The van der Waals surface area contributed by atoms with Gasteiger partial charge in [-0.2, -0.15) is 0 Å². The van der Waals surface area contributed by atoms with Gasteiger partial charge in [0.2, 0.25) is 0 Å². The Kier molecular flexibility index (Phi) is 2.02. The molecule has 0 aromatic heterocycles. The largest absolute Gasteiger partial charge is 0.0651 e. The Bertz CT molecular complexity index is 208. The molecule has 13 heavy (non-hydrogen) atoms. The molecule has 0 saturated heterocycles. The van der Waals surface area contributed by atoms with E-state index in [4.69, 9.17) is 0 Å². The normalized spacial score (nSPS) is 56.1. The second-order valence-electron chi connectivity index (χ2n) is 5.96. The zero-order valence-corrected chi connectivity index (χ0v) is 9.80. The Morgan fingerprint density at radius 1 is 1.38 bits per heavy atom. The molecule has 2 aliphatic carbocycles. The lowest BCUT2D eigenvalue weighted by atomic mass is 9.93. The van der Waals surface area contributed by atoms with Gasteiger partial charge in [0.1, 0.15) is 0 Å². The molecule has 0 aromatic carbocycles. The van der Waals surface area contributed by atoms with E-state index in [0.29, 0.717) is 0 Å². The van der Waals surface area contributed by atoms with Crippen LogP contribution in [0.15, 0.2) is 0 Å². The molecule has 0 amide bonds. The maximum Gasteiger partial charge on any atom is -0.0263 e. The van der Waals surface area contributed by atoms with Crippen LogP contribution >= 0.6 is 0 Å². The third-order valence-corrected chi connectivity index (χ3v) is 5.22. The predicted octanol–water partition coefficient (Wildman–Crippen LogP) is 3.96. The minimum absolute atomic E-state index is 0.744. The van der Waals surface area contributed by atoms with Crippen molar-refractivity contribution in [2.75, 3.05) is 0 Å². The Hall–Kier alpha value is 0. The molecule has 6 unspecified atom stereocenters. The first-order valence-electron chi connectivity index (χ1n) is 6.02. The molecule has 76 valence electrons. The van der Waals surface area contributed by atoms with Crippen LogP contribution in [0.2, 0.25) is 0 Å². The van der Waals surface area contributed by atoms with Crippen LogP contribution in [0.1, 0.15) is 47.5 Å². The SMILES string of the molecule is CCC(C)C1C(C)C1C1(C)CC1C. The van der Waals surface area contributed by atoms with Crippen LogP contribution in [0, 0.1) is 35.0 Å². The molecular weight excluding hydrogens is 156 g/mol. The van der Waals surface area contributed by atoms with Gasteiger partial charge in [-0.3, -0.25) is 0 Å². The monoisotopic (exact) mass is 180 g/mol. The van der Waals surface area contributed by atoms with Crippen LogP contribution in [-0.4, -0.2) is 0 Å². The lowest BCUT2D eigenvalue weighted by Gasteiger charge is -2.12. The summed E-state index contributed by atoms with van der Waals surface area (Å²) in [5, 5.41) is 0. The summed E-state index contributed by atoms with van der Waals surface area (Å²) in [6.45, 7) is 12.2. The van der Waals surface area contributed by atoms with E-state index in [9.17, 15) is 0 Å². The van der Waals surface area contributed by atoms with Crippen molar-refractivity contribution >= 4 is 0 Å². The third kappa shape index (κ3) is 1.25. The van der Waals surface area contributed by atoms with Crippen LogP contribution in [0.4, 0.5) is 0 Å². The summed E-state index contributed by atoms with van der Waals surface area (Å²) in [7, 11) is 0. The standard InChI is InChI=1S/C13H24/c1-6-8(2)11-10(4)12(11)13(5)7-9(13)3/h8-12H,6-7H2,1-5H3. The molecule has 2 saturated carbocycles. The van der Waals surface area contributed by atoms with Crippen LogP contribution in [0.3, 0.4) is 0 Å². The smallest absolute Gasteiger partial charge is 0.0263 e. The molecule has 0 nitrogen and oxygen atoms in total. The summed E-state index contributed by atoms with van der Waals surface area (Å²) < 4.78 is 0. The van der Waals surface area contributed by atoms with E-state index in [0.717, 1.165) is 35.0 Å². The molecule has 2 fully saturated rings. The van der Waals surface area contributed by atoms with E-state index in [1.807, 2.05) is 0 Å². The first-order valence-corrected chi connectivity index (χ1v) is 6.02. The fraction of sp³-hybridized carbons (Fsp3) is 1.00. The van der Waals surface area contributed by atoms with Crippen molar-refractivity contribution in [3.05, 3.63) is 0 Å². The molecule has 0 bridgehead atoms. The highest BCUT2D eigenvalue weighted by Crippen LogP contribution is 2.71. The second-order valence-corrected chi connectivity index (χ2v) is 5.96. The summed E-state index contributed by atoms with van der Waals surface area (Å²) >= 11 is 0. The van der Waals surface area contributed by atoms with E-state index in [2.05, 4.69) is 34.6 Å². The van der Waals surface area contributed by atoms with Crippen molar-refractivity contribution in [2.24, 2.45) is 35.0 Å². The van der Waals surface area contributed by atoms with E-state index in [-0.39, 0.29) is 0 Å². The van der Waals surface area contributed by atoms with Gasteiger partial charge in [-0.05, 0) is 41.4 Å². The Morgan fingerprint density at radius 2 is 1.92 bits per heavy atom. The Morgan fingerprint density at radius 3 is 2.31 bits per heavy atom. The van der Waals surface area contributed by atoms with E-state index >= 15 is 0 Å². The van der Waals surface area contributed by atoms with Gasteiger partial charge in [-0.1, -0.05) is 41.0 Å². The summed E-state index contributed by atoms with van der Waals surface area (Å²) in [5.74, 6) is 5.11. The van der Waals surface area contributed by atoms with Gasteiger partial charge in [0, 0.05) is 0 Å². The minimum Gasteiger partial charge on any atom is -0.0651 e. The first kappa shape index (κ1) is 9.55. The highest BCUT2D eigenvalue weighted by Gasteiger charge is 2.65. The molecule has 0 heteroatoms. The number of hydrogen-bond donors (Lipinski definition) is 0. The molecule has 2 rings (SSSR count). The zero-order chi connectivity index (χ0) is 9.80. The fourth-order valence-corrected chi connectivity index (χ4v) is 3.74. The highest BCUT2D eigenvalue weighted by molar-refractivity contribution is 5.13.